The van der Waals surface area contributed by atoms with Gasteiger partial charge in [-0.1, -0.05) is 13.8 Å². The minimum absolute atomic E-state index is 0.415. The van der Waals surface area contributed by atoms with E-state index >= 15 is 0 Å². The molecular formula is C11H15N3O. The van der Waals surface area contributed by atoms with Crippen LogP contribution in [-0.2, 0) is 6.54 Å². The zero-order valence-electron chi connectivity index (χ0n) is 8.97. The third-order valence-electron chi connectivity index (χ3n) is 2.28. The summed E-state index contributed by atoms with van der Waals surface area (Å²) in [6.07, 6.45) is 1.90. The highest BCUT2D eigenvalue weighted by molar-refractivity contribution is 5.21. The van der Waals surface area contributed by atoms with Crippen molar-refractivity contribution in [3.63, 3.8) is 0 Å². The molecule has 0 aliphatic carbocycles. The van der Waals surface area contributed by atoms with Crippen LogP contribution in [0.3, 0.4) is 0 Å². The van der Waals surface area contributed by atoms with E-state index in [1.54, 1.807) is 4.68 Å². The minimum atomic E-state index is 0.415. The standard InChI is InChI=1S/C11H15N3O/c1-8(2)10-5-6-14(13-10)11-4-3-9(7-12)15-11/h3-6,8H,7,12H2,1-2H3. The molecule has 0 saturated carbocycles. The molecule has 0 aliphatic heterocycles. The first-order valence-corrected chi connectivity index (χ1v) is 5.05. The van der Waals surface area contributed by atoms with Gasteiger partial charge in [-0.05, 0) is 18.1 Å². The Labute approximate surface area is 88.7 Å². The van der Waals surface area contributed by atoms with Gasteiger partial charge in [-0.2, -0.15) is 5.10 Å². The number of rotatable bonds is 3. The molecule has 0 fully saturated rings. The van der Waals surface area contributed by atoms with E-state index in [0.29, 0.717) is 18.3 Å². The second-order valence-corrected chi connectivity index (χ2v) is 3.78. The van der Waals surface area contributed by atoms with Crippen LogP contribution in [0.15, 0.2) is 28.8 Å². The van der Waals surface area contributed by atoms with E-state index in [2.05, 4.69) is 18.9 Å². The highest BCUT2D eigenvalue weighted by atomic mass is 16.4. The number of furan rings is 1. The van der Waals surface area contributed by atoms with Gasteiger partial charge < -0.3 is 10.2 Å². The summed E-state index contributed by atoms with van der Waals surface area (Å²) in [6.45, 7) is 4.64. The van der Waals surface area contributed by atoms with Gasteiger partial charge in [0.05, 0.1) is 12.2 Å². The van der Waals surface area contributed by atoms with Gasteiger partial charge in [-0.15, -0.1) is 0 Å². The summed E-state index contributed by atoms with van der Waals surface area (Å²) in [4.78, 5) is 0. The topological polar surface area (TPSA) is 57.0 Å². The van der Waals surface area contributed by atoms with Gasteiger partial charge in [-0.3, -0.25) is 0 Å². The van der Waals surface area contributed by atoms with Crippen molar-refractivity contribution in [2.45, 2.75) is 26.3 Å². The molecule has 0 saturated heterocycles. The Morgan fingerprint density at radius 3 is 2.73 bits per heavy atom. The smallest absolute Gasteiger partial charge is 0.220 e. The molecule has 2 heterocycles. The molecule has 4 nitrogen and oxygen atoms in total. The van der Waals surface area contributed by atoms with Gasteiger partial charge in [0.25, 0.3) is 0 Å². The summed E-state index contributed by atoms with van der Waals surface area (Å²) >= 11 is 0. The fourth-order valence-electron chi connectivity index (χ4n) is 1.37. The maximum atomic E-state index is 5.49. The molecule has 4 heteroatoms. The highest BCUT2D eigenvalue weighted by Gasteiger charge is 2.07. The number of hydrogen-bond acceptors (Lipinski definition) is 3. The van der Waals surface area contributed by atoms with Crippen molar-refractivity contribution in [2.24, 2.45) is 5.73 Å². The summed E-state index contributed by atoms with van der Waals surface area (Å²) in [5, 5.41) is 4.41. The molecular weight excluding hydrogens is 190 g/mol. The minimum Gasteiger partial charge on any atom is -0.442 e. The van der Waals surface area contributed by atoms with E-state index < -0.39 is 0 Å². The summed E-state index contributed by atoms with van der Waals surface area (Å²) in [6, 6.07) is 5.74. The molecule has 0 aromatic carbocycles. The van der Waals surface area contributed by atoms with Gasteiger partial charge in [0, 0.05) is 12.3 Å². The molecule has 80 valence electrons. The predicted octanol–water partition coefficient (Wildman–Crippen LogP) is 2.05. The first-order valence-electron chi connectivity index (χ1n) is 5.05. The second-order valence-electron chi connectivity index (χ2n) is 3.78. The average molecular weight is 205 g/mol. The molecule has 2 N–H and O–H groups in total. The lowest BCUT2D eigenvalue weighted by molar-refractivity contribution is 0.478. The van der Waals surface area contributed by atoms with Crippen LogP contribution < -0.4 is 5.73 Å². The summed E-state index contributed by atoms with van der Waals surface area (Å²) in [5.74, 6) is 1.91. The quantitative estimate of drug-likeness (QED) is 0.834. The van der Waals surface area contributed by atoms with Gasteiger partial charge in [0.1, 0.15) is 5.76 Å². The van der Waals surface area contributed by atoms with Crippen LogP contribution in [0, 0.1) is 0 Å². The van der Waals surface area contributed by atoms with E-state index in [1.807, 2.05) is 24.4 Å². The fourth-order valence-corrected chi connectivity index (χ4v) is 1.37. The van der Waals surface area contributed by atoms with Crippen LogP contribution in [0.4, 0.5) is 0 Å². The molecule has 15 heavy (non-hydrogen) atoms. The van der Waals surface area contributed by atoms with Crippen molar-refractivity contribution in [2.75, 3.05) is 0 Å². The lowest BCUT2D eigenvalue weighted by Crippen LogP contribution is -1.96. The van der Waals surface area contributed by atoms with Crippen LogP contribution in [0.25, 0.3) is 5.88 Å². The molecule has 0 atom stereocenters. The molecule has 0 aliphatic rings. The third kappa shape index (κ3) is 1.94. The number of nitrogens with two attached hydrogens (primary N) is 1. The SMILES string of the molecule is CC(C)c1ccn(-c2ccc(CN)o2)n1. The lowest BCUT2D eigenvalue weighted by Gasteiger charge is -1.98. The van der Waals surface area contributed by atoms with Crippen LogP contribution in [0.5, 0.6) is 0 Å². The van der Waals surface area contributed by atoms with E-state index in [0.717, 1.165) is 11.5 Å². The van der Waals surface area contributed by atoms with E-state index in [9.17, 15) is 0 Å². The largest absolute Gasteiger partial charge is 0.442 e. The molecule has 0 amide bonds. The van der Waals surface area contributed by atoms with Gasteiger partial charge in [0.2, 0.25) is 5.88 Å². The Balaban J connectivity index is 2.28. The third-order valence-corrected chi connectivity index (χ3v) is 2.28. The van der Waals surface area contributed by atoms with Crippen LogP contribution in [0.2, 0.25) is 0 Å². The normalized spacial score (nSPS) is 11.2. The van der Waals surface area contributed by atoms with Crippen molar-refractivity contribution < 1.29 is 4.42 Å². The van der Waals surface area contributed by atoms with Crippen molar-refractivity contribution >= 4 is 0 Å². The maximum absolute atomic E-state index is 5.49. The first-order chi connectivity index (χ1) is 7.20. The molecule has 0 unspecified atom stereocenters. The average Bonchev–Trinajstić information content (AvgIpc) is 2.86. The lowest BCUT2D eigenvalue weighted by atomic mass is 10.1. The summed E-state index contributed by atoms with van der Waals surface area (Å²) in [7, 11) is 0. The van der Waals surface area contributed by atoms with Crippen molar-refractivity contribution in [1.82, 2.24) is 9.78 Å². The predicted molar refractivity (Wildman–Crippen MR) is 57.8 cm³/mol. The van der Waals surface area contributed by atoms with Crippen molar-refractivity contribution in [1.29, 1.82) is 0 Å². The van der Waals surface area contributed by atoms with E-state index in [1.165, 1.54) is 0 Å². The Hall–Kier alpha value is -1.55. The molecule has 2 aromatic heterocycles. The highest BCUT2D eigenvalue weighted by Crippen LogP contribution is 2.15. The Kier molecular flexibility index (Phi) is 2.60. The van der Waals surface area contributed by atoms with Crippen molar-refractivity contribution in [3.05, 3.63) is 35.9 Å². The van der Waals surface area contributed by atoms with Gasteiger partial charge >= 0.3 is 0 Å². The molecule has 2 aromatic rings. The Bertz CT molecular complexity index is 442. The Morgan fingerprint density at radius 2 is 2.20 bits per heavy atom. The van der Waals surface area contributed by atoms with Crippen LogP contribution >= 0.6 is 0 Å². The number of nitrogens with zero attached hydrogens (tertiary/aromatic N) is 2. The van der Waals surface area contributed by atoms with E-state index in [4.69, 9.17) is 10.2 Å². The first kappa shape index (κ1) is 9.98. The van der Waals surface area contributed by atoms with Crippen LogP contribution in [-0.4, -0.2) is 9.78 Å². The molecule has 0 radical (unpaired) electrons. The fraction of sp³-hybridized carbons (Fsp3) is 0.364. The summed E-state index contributed by atoms with van der Waals surface area (Å²) in [5.41, 5.74) is 6.53. The number of hydrogen-bond donors (Lipinski definition) is 1. The zero-order valence-corrected chi connectivity index (χ0v) is 8.97. The molecule has 0 spiro atoms. The molecule has 0 bridgehead atoms. The van der Waals surface area contributed by atoms with E-state index in [-0.39, 0.29) is 0 Å². The Morgan fingerprint density at radius 1 is 1.40 bits per heavy atom. The second kappa shape index (κ2) is 3.90. The van der Waals surface area contributed by atoms with Crippen LogP contribution in [0.1, 0.15) is 31.2 Å². The van der Waals surface area contributed by atoms with Gasteiger partial charge in [-0.25, -0.2) is 4.68 Å². The van der Waals surface area contributed by atoms with Gasteiger partial charge in [0.15, 0.2) is 0 Å². The van der Waals surface area contributed by atoms with Crippen molar-refractivity contribution in [3.8, 4) is 5.88 Å². The monoisotopic (exact) mass is 205 g/mol. The molecule has 2 rings (SSSR count). The zero-order chi connectivity index (χ0) is 10.8. The summed E-state index contributed by atoms with van der Waals surface area (Å²) < 4.78 is 7.22. The number of aromatic nitrogens is 2. The maximum Gasteiger partial charge on any atom is 0.220 e.